The van der Waals surface area contributed by atoms with Crippen LogP contribution >= 0.6 is 63.1 Å². The highest BCUT2D eigenvalue weighted by Crippen LogP contribution is 2.40. The molecule has 5 saturated carbocycles. The van der Waals surface area contributed by atoms with Gasteiger partial charge in [-0.3, -0.25) is 47.5 Å². The van der Waals surface area contributed by atoms with Gasteiger partial charge in [-0.1, -0.05) is 227 Å². The van der Waals surface area contributed by atoms with E-state index in [2.05, 4.69) is 97.8 Å². The summed E-state index contributed by atoms with van der Waals surface area (Å²) in [5.74, 6) is 1.54. The van der Waals surface area contributed by atoms with Gasteiger partial charge in [-0.15, -0.1) is 63.1 Å². The van der Waals surface area contributed by atoms with Crippen molar-refractivity contribution in [2.24, 2.45) is 59.2 Å². The highest BCUT2D eigenvalue weighted by atomic mass is 32.1. The molecule has 5 aliphatic carbocycles. The van der Waals surface area contributed by atoms with E-state index in [0.717, 1.165) is 158 Å². The molecule has 10 rings (SSSR count). The van der Waals surface area contributed by atoms with E-state index >= 15 is 0 Å². The molecule has 0 N–H and O–H groups in total. The van der Waals surface area contributed by atoms with Gasteiger partial charge in [0.2, 0.25) is 0 Å². The molecule has 5 fully saturated rings. The lowest BCUT2D eigenvalue weighted by atomic mass is 9.80. The topological polar surface area (TPSA) is 132 Å². The second-order valence-electron chi connectivity index (χ2n) is 34.8. The fraction of sp³-hybridized carbons (Fsp3) is 0.650. The summed E-state index contributed by atoms with van der Waals surface area (Å²) >= 11 is 19.9. The SMILES string of the molecule is CCCCCCCC1CCC(C(=O)Oc2ccc(S)c(F)c2)CC1.CCCCCCCC1CCC(C(=O)Oc2ccc(S)c(F)c2)CC1.CCCCCCCC1CCC(C(=O)Oc2ccc(S)c(F)c2)CC1.CCCCCCCC1CCC(C(=O)Oc2ccc(S)c(F)c2)CC1.CCCCCCCC1CCC(C(=O)Oc2ccc(S)c(F)c2)CC1.F.F.F.F.F. The van der Waals surface area contributed by atoms with E-state index in [9.17, 15) is 45.9 Å². The number of unbranched alkanes of at least 4 members (excludes halogenated alkanes) is 20. The maximum Gasteiger partial charge on any atom is 0.314 e. The van der Waals surface area contributed by atoms with E-state index in [-0.39, 0.29) is 136 Å². The average molecular weight is 1860 g/mol. The fourth-order valence-electron chi connectivity index (χ4n) is 17.4. The molecule has 0 saturated heterocycles. The zero-order chi connectivity index (χ0) is 86.8. The molecule has 0 aromatic heterocycles. The normalized spacial score (nSPS) is 20.0. The third-order valence-corrected chi connectivity index (χ3v) is 27.0. The molecule has 710 valence electrons. The van der Waals surface area contributed by atoms with E-state index in [0.29, 0.717) is 0 Å². The Balaban J connectivity index is 0.000000774. The molecule has 5 aliphatic rings. The Morgan fingerprint density at radius 1 is 0.232 bits per heavy atom. The molecule has 0 bridgehead atoms. The molecule has 125 heavy (non-hydrogen) atoms. The summed E-state index contributed by atoms with van der Waals surface area (Å²) in [7, 11) is 0. The largest absolute Gasteiger partial charge is 0.426 e. The molecule has 5 aromatic carbocycles. The van der Waals surface area contributed by atoms with Crippen molar-refractivity contribution in [2.45, 2.75) is 380 Å². The van der Waals surface area contributed by atoms with Gasteiger partial charge in [0.05, 0.1) is 29.6 Å². The Labute approximate surface area is 769 Å². The molecule has 0 aliphatic heterocycles. The second kappa shape index (κ2) is 68.5. The maximum atomic E-state index is 13.5. The maximum absolute atomic E-state index is 13.5. The van der Waals surface area contributed by atoms with Gasteiger partial charge in [0.1, 0.15) is 57.8 Å². The number of rotatable bonds is 40. The van der Waals surface area contributed by atoms with Crippen LogP contribution in [0.5, 0.6) is 28.7 Å². The summed E-state index contributed by atoms with van der Waals surface area (Å²) in [6.45, 7) is 11.2. The molecule has 0 spiro atoms. The van der Waals surface area contributed by atoms with Crippen LogP contribution in [0.2, 0.25) is 0 Å². The van der Waals surface area contributed by atoms with Crippen LogP contribution in [-0.4, -0.2) is 29.8 Å². The highest BCUT2D eigenvalue weighted by molar-refractivity contribution is 7.81. The number of ether oxygens (including phenoxy) is 5. The van der Waals surface area contributed by atoms with Crippen molar-refractivity contribution in [1.82, 2.24) is 0 Å². The van der Waals surface area contributed by atoms with Gasteiger partial charge in [-0.05, 0) is 219 Å². The van der Waals surface area contributed by atoms with Gasteiger partial charge in [-0.25, -0.2) is 22.0 Å². The number of carbonyl (C=O) groups excluding carboxylic acids is 5. The molecule has 5 aromatic rings. The lowest BCUT2D eigenvalue weighted by Crippen LogP contribution is -2.25. The Morgan fingerprint density at radius 3 is 0.496 bits per heavy atom. The standard InChI is InChI=1S/5C20H29FO2S.5FH/c5*1-2-3-4-5-6-7-15-8-10-16(11-9-15)20(22)23-17-12-13-19(24)18(21)14-17;;;;;/h5*12-16,24H,2-11H2,1H3;5*1H. The van der Waals surface area contributed by atoms with Gasteiger partial charge >= 0.3 is 29.8 Å². The van der Waals surface area contributed by atoms with Gasteiger partial charge in [0.25, 0.3) is 0 Å². The minimum Gasteiger partial charge on any atom is -0.426 e. The molecule has 0 atom stereocenters. The van der Waals surface area contributed by atoms with Crippen molar-refractivity contribution in [3.05, 3.63) is 120 Å². The van der Waals surface area contributed by atoms with Gasteiger partial charge in [-0.2, -0.15) is 0 Å². The summed E-state index contributed by atoms with van der Waals surface area (Å²) < 4.78 is 93.9. The van der Waals surface area contributed by atoms with Crippen LogP contribution in [-0.2, 0) is 24.0 Å². The first-order valence-electron chi connectivity index (χ1n) is 46.5. The number of benzene rings is 5. The van der Waals surface area contributed by atoms with Gasteiger partial charge in [0.15, 0.2) is 0 Å². The van der Waals surface area contributed by atoms with Crippen LogP contribution in [0.15, 0.2) is 115 Å². The quantitative estimate of drug-likeness (QED) is 0.00849. The molecule has 0 heterocycles. The lowest BCUT2D eigenvalue weighted by molar-refractivity contribution is -0.141. The Hall–Kier alpha value is -5.50. The Morgan fingerprint density at radius 2 is 0.368 bits per heavy atom. The van der Waals surface area contributed by atoms with Crippen molar-refractivity contribution in [3.63, 3.8) is 0 Å². The smallest absolute Gasteiger partial charge is 0.314 e. The van der Waals surface area contributed by atoms with E-state index in [1.807, 2.05) is 0 Å². The predicted octanol–water partition coefficient (Wildman–Crippen LogP) is 31.7. The van der Waals surface area contributed by atoms with Crippen molar-refractivity contribution in [1.29, 1.82) is 0 Å². The average Bonchev–Trinajstić information content (AvgIpc) is 0.872. The molecule has 10 nitrogen and oxygen atoms in total. The van der Waals surface area contributed by atoms with Gasteiger partial charge < -0.3 is 23.7 Å². The van der Waals surface area contributed by atoms with E-state index in [4.69, 9.17) is 23.7 Å². The zero-order valence-corrected chi connectivity index (χ0v) is 79.5. The second-order valence-corrected chi connectivity index (χ2v) is 37.2. The number of hydrogen-bond donors (Lipinski definition) is 5. The van der Waals surface area contributed by atoms with Crippen LogP contribution in [0.3, 0.4) is 0 Å². The summed E-state index contributed by atoms with van der Waals surface area (Å²) in [5.41, 5.74) is 0. The lowest BCUT2D eigenvalue weighted by Gasteiger charge is -2.27. The molecule has 25 heteroatoms. The third-order valence-electron chi connectivity index (χ3n) is 25.2. The summed E-state index contributed by atoms with van der Waals surface area (Å²) in [6.07, 6.45) is 59.6. The molecule has 0 amide bonds. The van der Waals surface area contributed by atoms with Crippen LogP contribution in [0.1, 0.15) is 356 Å². The summed E-state index contributed by atoms with van der Waals surface area (Å²) in [4.78, 5) is 62.5. The summed E-state index contributed by atoms with van der Waals surface area (Å²) in [6, 6.07) is 21.6. The number of halogens is 10. The van der Waals surface area contributed by atoms with Crippen LogP contribution < -0.4 is 23.7 Å². The summed E-state index contributed by atoms with van der Waals surface area (Å²) in [5, 5.41) is 0. The van der Waals surface area contributed by atoms with Crippen LogP contribution in [0.25, 0.3) is 0 Å². The number of carbonyl (C=O) groups is 5. The first-order chi connectivity index (χ1) is 58.0. The van der Waals surface area contributed by atoms with Crippen molar-refractivity contribution < 1.29 is 93.1 Å². The Bertz CT molecular complexity index is 3200. The zero-order valence-electron chi connectivity index (χ0n) is 75.0. The first kappa shape index (κ1) is 118. The fourth-order valence-corrected chi connectivity index (χ4v) is 18.1. The van der Waals surface area contributed by atoms with Crippen LogP contribution in [0.4, 0.5) is 45.5 Å². The van der Waals surface area contributed by atoms with Crippen molar-refractivity contribution in [2.75, 3.05) is 0 Å². The van der Waals surface area contributed by atoms with E-state index < -0.39 is 29.1 Å². The minimum atomic E-state index is -0.463. The molecule has 0 radical (unpaired) electrons. The molecule has 0 unspecified atom stereocenters. The Kier molecular flexibility index (Phi) is 64.4. The number of hydrogen-bond acceptors (Lipinski definition) is 15. The molecular weight excluding hydrogens is 1710 g/mol. The highest BCUT2D eigenvalue weighted by Gasteiger charge is 2.33. The van der Waals surface area contributed by atoms with Gasteiger partial charge in [0, 0.05) is 54.8 Å². The van der Waals surface area contributed by atoms with Crippen molar-refractivity contribution in [3.8, 4) is 28.7 Å². The predicted molar refractivity (Wildman–Crippen MR) is 503 cm³/mol. The van der Waals surface area contributed by atoms with E-state index in [1.165, 1.54) is 253 Å². The molecular formula is C100H150F10O10S5. The van der Waals surface area contributed by atoms with Crippen molar-refractivity contribution >= 4 is 93.0 Å². The monoisotopic (exact) mass is 1860 g/mol. The third kappa shape index (κ3) is 47.2. The minimum absolute atomic E-state index is 0. The van der Waals surface area contributed by atoms with Crippen LogP contribution in [0, 0.1) is 88.3 Å². The number of esters is 5. The first-order valence-corrected chi connectivity index (χ1v) is 48.7. The number of thiol groups is 5. The van der Waals surface area contributed by atoms with E-state index in [1.54, 1.807) is 30.3 Å².